The van der Waals surface area contributed by atoms with E-state index < -0.39 is 0 Å². The summed E-state index contributed by atoms with van der Waals surface area (Å²) in [5, 5.41) is 0. The minimum absolute atomic E-state index is 0.112. The van der Waals surface area contributed by atoms with Gasteiger partial charge in [-0.1, -0.05) is 12.2 Å². The molecule has 1 amide bonds. The molecule has 2 saturated heterocycles. The van der Waals surface area contributed by atoms with E-state index in [0.717, 1.165) is 38.6 Å². The van der Waals surface area contributed by atoms with E-state index in [1.165, 1.54) is 0 Å². The second-order valence-corrected chi connectivity index (χ2v) is 6.07. The zero-order chi connectivity index (χ0) is 14.5. The number of ether oxygens (including phenoxy) is 3. The third kappa shape index (κ3) is 4.05. The summed E-state index contributed by atoms with van der Waals surface area (Å²) in [5.74, 6) is 0.655. The van der Waals surface area contributed by atoms with Gasteiger partial charge in [0.2, 0.25) is 0 Å². The Bertz CT molecular complexity index is 372. The van der Waals surface area contributed by atoms with Crippen LogP contribution in [0.2, 0.25) is 0 Å². The van der Waals surface area contributed by atoms with Crippen LogP contribution in [0.25, 0.3) is 0 Å². The third-order valence-electron chi connectivity index (χ3n) is 4.43. The van der Waals surface area contributed by atoms with Crippen LogP contribution in [0.3, 0.4) is 0 Å². The molecule has 0 bridgehead atoms. The van der Waals surface area contributed by atoms with Crippen molar-refractivity contribution in [2.75, 3.05) is 32.9 Å². The van der Waals surface area contributed by atoms with E-state index in [1.54, 1.807) is 0 Å². The molecule has 2 heterocycles. The second kappa shape index (κ2) is 7.38. The van der Waals surface area contributed by atoms with Crippen molar-refractivity contribution in [3.63, 3.8) is 0 Å². The highest BCUT2D eigenvalue weighted by molar-refractivity contribution is 5.81. The van der Waals surface area contributed by atoms with Gasteiger partial charge in [-0.05, 0) is 38.0 Å². The summed E-state index contributed by atoms with van der Waals surface area (Å²) < 4.78 is 16.6. The maximum Gasteiger partial charge on any atom is 0.251 e. The lowest BCUT2D eigenvalue weighted by Gasteiger charge is -2.31. The summed E-state index contributed by atoms with van der Waals surface area (Å²) >= 11 is 0. The maximum absolute atomic E-state index is 12.7. The molecule has 0 aromatic carbocycles. The highest BCUT2D eigenvalue weighted by Gasteiger charge is 2.32. The van der Waals surface area contributed by atoms with Crippen LogP contribution in [-0.2, 0) is 19.0 Å². The van der Waals surface area contributed by atoms with Crippen molar-refractivity contribution >= 4 is 5.91 Å². The fourth-order valence-electron chi connectivity index (χ4n) is 3.26. The molecule has 0 aromatic heterocycles. The Morgan fingerprint density at radius 1 is 1.05 bits per heavy atom. The second-order valence-electron chi connectivity index (χ2n) is 6.07. The predicted octanol–water partition coefficient (Wildman–Crippen LogP) is 1.72. The highest BCUT2D eigenvalue weighted by atomic mass is 16.7. The zero-order valence-electron chi connectivity index (χ0n) is 12.5. The van der Waals surface area contributed by atoms with E-state index >= 15 is 0 Å². The lowest BCUT2D eigenvalue weighted by Crippen LogP contribution is -2.45. The van der Waals surface area contributed by atoms with E-state index in [4.69, 9.17) is 14.2 Å². The molecule has 5 nitrogen and oxygen atoms in total. The summed E-state index contributed by atoms with van der Waals surface area (Å²) in [6.07, 6.45) is 9.07. The van der Waals surface area contributed by atoms with Gasteiger partial charge in [-0.15, -0.1) is 0 Å². The molecule has 21 heavy (non-hydrogen) atoms. The first kappa shape index (κ1) is 15.0. The number of nitrogens with zero attached hydrogens (tertiary/aromatic N) is 1. The molecule has 2 aliphatic heterocycles. The van der Waals surface area contributed by atoms with Crippen molar-refractivity contribution in [1.82, 2.24) is 4.90 Å². The molecule has 5 heteroatoms. The molecule has 0 unspecified atom stereocenters. The average molecular weight is 295 g/mol. The number of rotatable bonds is 5. The monoisotopic (exact) mass is 295 g/mol. The van der Waals surface area contributed by atoms with Gasteiger partial charge in [-0.2, -0.15) is 0 Å². The predicted molar refractivity (Wildman–Crippen MR) is 77.7 cm³/mol. The molecule has 0 spiro atoms. The van der Waals surface area contributed by atoms with Crippen molar-refractivity contribution < 1.29 is 19.0 Å². The first-order valence-electron chi connectivity index (χ1n) is 8.11. The Kier molecular flexibility index (Phi) is 5.27. The first-order chi connectivity index (χ1) is 10.3. The van der Waals surface area contributed by atoms with Gasteiger partial charge < -0.3 is 19.1 Å². The minimum Gasteiger partial charge on any atom is -0.368 e. The van der Waals surface area contributed by atoms with Crippen LogP contribution in [-0.4, -0.2) is 56.1 Å². The topological polar surface area (TPSA) is 48.0 Å². The normalized spacial score (nSPS) is 29.9. The summed E-state index contributed by atoms with van der Waals surface area (Å²) in [6, 6.07) is 0. The lowest BCUT2D eigenvalue weighted by atomic mass is 9.93. The van der Waals surface area contributed by atoms with Crippen LogP contribution in [0.15, 0.2) is 12.2 Å². The Balaban J connectivity index is 1.60. The molecule has 2 atom stereocenters. The van der Waals surface area contributed by atoms with Crippen molar-refractivity contribution in [1.29, 1.82) is 0 Å². The quantitative estimate of drug-likeness (QED) is 0.725. The Morgan fingerprint density at radius 3 is 2.57 bits per heavy atom. The number of hydrogen-bond acceptors (Lipinski definition) is 4. The Morgan fingerprint density at radius 2 is 1.90 bits per heavy atom. The van der Waals surface area contributed by atoms with Crippen LogP contribution in [0, 0.1) is 5.92 Å². The van der Waals surface area contributed by atoms with E-state index in [9.17, 15) is 4.79 Å². The summed E-state index contributed by atoms with van der Waals surface area (Å²) in [6.45, 7) is 3.26. The fourth-order valence-corrected chi connectivity index (χ4v) is 3.26. The van der Waals surface area contributed by atoms with Crippen molar-refractivity contribution in [2.45, 2.75) is 44.5 Å². The van der Waals surface area contributed by atoms with Crippen LogP contribution in [0.5, 0.6) is 0 Å². The number of carbonyl (C=O) groups is 1. The number of allylic oxidation sites excluding steroid dienone is 2. The van der Waals surface area contributed by atoms with Crippen molar-refractivity contribution in [3.8, 4) is 0 Å². The molecule has 0 saturated carbocycles. The van der Waals surface area contributed by atoms with Gasteiger partial charge in [0.25, 0.3) is 5.91 Å². The summed E-state index contributed by atoms with van der Waals surface area (Å²) in [7, 11) is 0. The summed E-state index contributed by atoms with van der Waals surface area (Å²) in [5.41, 5.74) is 0. The van der Waals surface area contributed by atoms with Gasteiger partial charge >= 0.3 is 0 Å². The average Bonchev–Trinajstić information content (AvgIpc) is 3.20. The van der Waals surface area contributed by atoms with E-state index in [1.807, 2.05) is 4.90 Å². The van der Waals surface area contributed by atoms with Gasteiger partial charge in [-0.3, -0.25) is 4.79 Å². The molecule has 0 radical (unpaired) electrons. The molecule has 0 aromatic rings. The van der Waals surface area contributed by atoms with Crippen LogP contribution >= 0.6 is 0 Å². The third-order valence-corrected chi connectivity index (χ3v) is 4.43. The Hall–Kier alpha value is -0.910. The minimum atomic E-state index is -0.269. The van der Waals surface area contributed by atoms with E-state index in [0.29, 0.717) is 32.3 Å². The largest absolute Gasteiger partial charge is 0.368 e. The smallest absolute Gasteiger partial charge is 0.251 e. The zero-order valence-corrected chi connectivity index (χ0v) is 12.5. The standard InChI is InChI=1S/C16H25NO4/c18-16(14-7-4-8-19-14)17(12-15-20-9-10-21-15)11-13-5-2-1-3-6-13/h1-2,13-15H,3-12H2/t13-,14+/m1/s1. The van der Waals surface area contributed by atoms with Gasteiger partial charge in [0.1, 0.15) is 6.10 Å². The van der Waals surface area contributed by atoms with E-state index in [2.05, 4.69) is 12.2 Å². The summed E-state index contributed by atoms with van der Waals surface area (Å²) in [4.78, 5) is 14.6. The molecule has 118 valence electrons. The fraction of sp³-hybridized carbons (Fsp3) is 0.812. The molecule has 0 N–H and O–H groups in total. The maximum atomic E-state index is 12.7. The first-order valence-corrected chi connectivity index (χ1v) is 8.11. The Labute approximate surface area is 126 Å². The molecule has 2 fully saturated rings. The molecule has 3 rings (SSSR count). The SMILES string of the molecule is O=C([C@@H]1CCCO1)N(CC1OCCO1)C[C@@H]1CC=CCC1. The number of hydrogen-bond donors (Lipinski definition) is 0. The van der Waals surface area contributed by atoms with Crippen molar-refractivity contribution in [2.24, 2.45) is 5.92 Å². The number of carbonyl (C=O) groups excluding carboxylic acids is 1. The molecular formula is C16H25NO4. The van der Waals surface area contributed by atoms with Gasteiger partial charge in [0, 0.05) is 13.2 Å². The van der Waals surface area contributed by atoms with E-state index in [-0.39, 0.29) is 18.3 Å². The van der Waals surface area contributed by atoms with Crippen molar-refractivity contribution in [3.05, 3.63) is 12.2 Å². The lowest BCUT2D eigenvalue weighted by molar-refractivity contribution is -0.147. The van der Waals surface area contributed by atoms with Crippen LogP contribution in [0.1, 0.15) is 32.1 Å². The molecular weight excluding hydrogens is 270 g/mol. The van der Waals surface area contributed by atoms with Gasteiger partial charge in [-0.25, -0.2) is 0 Å². The van der Waals surface area contributed by atoms with Gasteiger partial charge in [0.15, 0.2) is 6.29 Å². The van der Waals surface area contributed by atoms with Crippen LogP contribution < -0.4 is 0 Å². The number of amides is 1. The van der Waals surface area contributed by atoms with Crippen LogP contribution in [0.4, 0.5) is 0 Å². The molecule has 3 aliphatic rings. The highest BCUT2D eigenvalue weighted by Crippen LogP contribution is 2.22. The van der Waals surface area contributed by atoms with Gasteiger partial charge in [0.05, 0.1) is 19.8 Å². The molecule has 1 aliphatic carbocycles.